The average Bonchev–Trinajstić information content (AvgIpc) is 2.43. The monoisotopic (exact) mass is 302 g/mol. The molecule has 0 aliphatic heterocycles. The van der Waals surface area contributed by atoms with Crippen LogP contribution in [0.15, 0.2) is 24.3 Å². The first-order chi connectivity index (χ1) is 9.33. The van der Waals surface area contributed by atoms with E-state index in [1.165, 1.54) is 69.8 Å². The molecule has 1 nitrogen and oxygen atoms in total. The Bertz CT molecular complexity index is 308. The van der Waals surface area contributed by atoms with Crippen LogP contribution in [0.1, 0.15) is 76.7 Å². The number of aryl methyl sites for hydroxylation is 1. The summed E-state index contributed by atoms with van der Waals surface area (Å²) in [6, 6.07) is 7.63. The van der Waals surface area contributed by atoms with E-state index in [0.29, 0.717) is 5.75 Å². The van der Waals surface area contributed by atoms with Crippen molar-refractivity contribution in [1.29, 1.82) is 0 Å². The van der Waals surface area contributed by atoms with Crippen molar-refractivity contribution < 1.29 is 5.11 Å². The van der Waals surface area contributed by atoms with Crippen molar-refractivity contribution in [3.63, 3.8) is 0 Å². The van der Waals surface area contributed by atoms with E-state index in [4.69, 9.17) is 0 Å². The minimum absolute atomic E-state index is 0. The second kappa shape index (κ2) is 14.6. The number of aromatic hydroxyl groups is 1. The third-order valence-electron chi connectivity index (χ3n) is 3.76. The van der Waals surface area contributed by atoms with Gasteiger partial charge in [0.25, 0.3) is 0 Å². The van der Waals surface area contributed by atoms with Gasteiger partial charge in [-0.15, -0.1) is 0 Å². The Morgan fingerprint density at radius 2 is 1.15 bits per heavy atom. The van der Waals surface area contributed by atoms with Gasteiger partial charge in [-0.1, -0.05) is 76.8 Å². The molecule has 1 aromatic rings. The van der Waals surface area contributed by atoms with E-state index in [9.17, 15) is 5.11 Å². The fourth-order valence-electron chi connectivity index (χ4n) is 2.48. The first-order valence-corrected chi connectivity index (χ1v) is 8.11. The number of hydrogen-bond donors (Lipinski definition) is 1. The van der Waals surface area contributed by atoms with Crippen molar-refractivity contribution in [2.24, 2.45) is 0 Å². The first-order valence-electron chi connectivity index (χ1n) is 8.11. The maximum atomic E-state index is 9.20. The number of unbranched alkanes of at least 4 members (excludes halogenated alkanes) is 9. The van der Waals surface area contributed by atoms with Crippen LogP contribution in [0.2, 0.25) is 0 Å². The van der Waals surface area contributed by atoms with E-state index in [1.54, 1.807) is 12.1 Å². The van der Waals surface area contributed by atoms with E-state index in [-0.39, 0.29) is 51.4 Å². The molecule has 0 aliphatic rings. The molecule has 0 fully saturated rings. The standard InChI is InChI=1S/C18H30O.K.H/c1-2-3-4-5-6-7-8-9-10-11-12-17-13-15-18(19)16-14-17;;/h13-16,19H,2-12H2,1H3;;. The maximum absolute atomic E-state index is 9.20. The van der Waals surface area contributed by atoms with Crippen LogP contribution in [-0.4, -0.2) is 56.5 Å². The fraction of sp³-hybridized carbons (Fsp3) is 0.667. The van der Waals surface area contributed by atoms with E-state index in [1.807, 2.05) is 12.1 Å². The van der Waals surface area contributed by atoms with Crippen molar-refractivity contribution >= 4 is 51.4 Å². The SMILES string of the molecule is CCCCCCCCCCCCc1ccc(O)cc1.[KH]. The zero-order valence-corrected chi connectivity index (χ0v) is 12.5. The molecule has 110 valence electrons. The molecule has 0 bridgehead atoms. The summed E-state index contributed by atoms with van der Waals surface area (Å²) < 4.78 is 0. The Morgan fingerprint density at radius 1 is 0.700 bits per heavy atom. The molecule has 1 rings (SSSR count). The zero-order chi connectivity index (χ0) is 13.8. The summed E-state index contributed by atoms with van der Waals surface area (Å²) in [5, 5.41) is 9.20. The van der Waals surface area contributed by atoms with Crippen LogP contribution in [0.5, 0.6) is 5.75 Å². The van der Waals surface area contributed by atoms with Crippen LogP contribution < -0.4 is 0 Å². The molecule has 0 heterocycles. The molecule has 0 amide bonds. The summed E-state index contributed by atoms with van der Waals surface area (Å²) in [5.41, 5.74) is 1.34. The Hall–Kier alpha value is 0.656. The molecule has 0 saturated heterocycles. The molecule has 0 spiro atoms. The quantitative estimate of drug-likeness (QED) is 0.439. The average molecular weight is 303 g/mol. The minimum atomic E-state index is 0. The second-order valence-corrected chi connectivity index (χ2v) is 5.60. The molecule has 0 atom stereocenters. The normalized spacial score (nSPS) is 10.2. The van der Waals surface area contributed by atoms with Gasteiger partial charge in [-0.25, -0.2) is 0 Å². The van der Waals surface area contributed by atoms with Gasteiger partial charge in [0.1, 0.15) is 5.75 Å². The molecular weight excluding hydrogens is 271 g/mol. The van der Waals surface area contributed by atoms with Crippen molar-refractivity contribution in [3.05, 3.63) is 29.8 Å². The van der Waals surface area contributed by atoms with E-state index in [2.05, 4.69) is 6.92 Å². The summed E-state index contributed by atoms with van der Waals surface area (Å²) >= 11 is 0. The Labute approximate surface area is 168 Å². The molecule has 0 aliphatic carbocycles. The van der Waals surface area contributed by atoms with Crippen LogP contribution in [-0.2, 0) is 6.42 Å². The molecule has 0 unspecified atom stereocenters. The van der Waals surface area contributed by atoms with Gasteiger partial charge in [-0.3, -0.25) is 0 Å². The molecule has 0 saturated carbocycles. The fourth-order valence-corrected chi connectivity index (χ4v) is 2.48. The van der Waals surface area contributed by atoms with Crippen molar-refractivity contribution in [2.75, 3.05) is 0 Å². The third kappa shape index (κ3) is 11.3. The van der Waals surface area contributed by atoms with Gasteiger partial charge in [-0.05, 0) is 30.5 Å². The zero-order valence-electron chi connectivity index (χ0n) is 12.5. The van der Waals surface area contributed by atoms with Gasteiger partial charge in [0.15, 0.2) is 0 Å². The summed E-state index contributed by atoms with van der Waals surface area (Å²) in [6.07, 6.45) is 15.0. The van der Waals surface area contributed by atoms with Gasteiger partial charge >= 0.3 is 51.4 Å². The molecule has 20 heavy (non-hydrogen) atoms. The molecule has 1 aromatic carbocycles. The topological polar surface area (TPSA) is 20.2 Å². The number of phenols is 1. The number of rotatable bonds is 11. The van der Waals surface area contributed by atoms with Crippen LogP contribution in [0.4, 0.5) is 0 Å². The third-order valence-corrected chi connectivity index (χ3v) is 3.76. The Balaban J connectivity index is 0.00000361. The number of phenolic OH excluding ortho intramolecular Hbond substituents is 1. The first kappa shape index (κ1) is 20.7. The van der Waals surface area contributed by atoms with Gasteiger partial charge in [0, 0.05) is 0 Å². The second-order valence-electron chi connectivity index (χ2n) is 5.60. The Morgan fingerprint density at radius 3 is 1.65 bits per heavy atom. The predicted molar refractivity (Wildman–Crippen MR) is 90.8 cm³/mol. The molecule has 1 N–H and O–H groups in total. The van der Waals surface area contributed by atoms with Crippen LogP contribution in [0.25, 0.3) is 0 Å². The molecule has 2 heteroatoms. The predicted octanol–water partition coefficient (Wildman–Crippen LogP) is 5.21. The number of benzene rings is 1. The van der Waals surface area contributed by atoms with E-state index >= 15 is 0 Å². The Kier molecular flexibility index (Phi) is 15.1. The van der Waals surface area contributed by atoms with Gasteiger partial charge < -0.3 is 5.11 Å². The molecular formula is C18H31KO. The van der Waals surface area contributed by atoms with Crippen LogP contribution >= 0.6 is 0 Å². The van der Waals surface area contributed by atoms with Gasteiger partial charge in [0.2, 0.25) is 0 Å². The van der Waals surface area contributed by atoms with E-state index < -0.39 is 0 Å². The molecule has 0 aromatic heterocycles. The van der Waals surface area contributed by atoms with Crippen LogP contribution in [0.3, 0.4) is 0 Å². The van der Waals surface area contributed by atoms with Gasteiger partial charge in [0.05, 0.1) is 0 Å². The number of hydrogen-bond acceptors (Lipinski definition) is 1. The summed E-state index contributed by atoms with van der Waals surface area (Å²) in [5.74, 6) is 0.367. The van der Waals surface area contributed by atoms with Crippen molar-refractivity contribution in [2.45, 2.75) is 77.6 Å². The van der Waals surface area contributed by atoms with Crippen LogP contribution in [0, 0.1) is 0 Å². The summed E-state index contributed by atoms with van der Waals surface area (Å²) in [4.78, 5) is 0. The summed E-state index contributed by atoms with van der Waals surface area (Å²) in [6.45, 7) is 2.27. The molecule has 0 radical (unpaired) electrons. The van der Waals surface area contributed by atoms with E-state index in [0.717, 1.165) is 6.42 Å². The van der Waals surface area contributed by atoms with Gasteiger partial charge in [-0.2, -0.15) is 0 Å². The van der Waals surface area contributed by atoms with Crippen molar-refractivity contribution in [1.82, 2.24) is 0 Å². The van der Waals surface area contributed by atoms with Crippen molar-refractivity contribution in [3.8, 4) is 5.75 Å². The summed E-state index contributed by atoms with van der Waals surface area (Å²) in [7, 11) is 0.